The monoisotopic (exact) mass is 312 g/mol. The molecule has 0 aromatic carbocycles. The minimum atomic E-state index is -4.53. The molecule has 0 atom stereocenters. The van der Waals surface area contributed by atoms with Gasteiger partial charge < -0.3 is 15.4 Å². The molecule has 1 amide bonds. The van der Waals surface area contributed by atoms with E-state index in [1.54, 1.807) is 13.8 Å². The topological polar surface area (TPSA) is 72.6 Å². The van der Waals surface area contributed by atoms with Crippen LogP contribution >= 0.6 is 0 Å². The Morgan fingerprint density at radius 2 is 1.71 bits per heavy atom. The number of rotatable bonds is 8. The molecule has 0 spiro atoms. The third-order valence-electron chi connectivity index (χ3n) is 3.67. The second kappa shape index (κ2) is 8.21. The highest BCUT2D eigenvalue weighted by atomic mass is 19.4. The first-order valence-corrected chi connectivity index (χ1v) is 6.78. The molecule has 0 saturated heterocycles. The summed E-state index contributed by atoms with van der Waals surface area (Å²) in [5.41, 5.74) is 4.57. The normalized spacial score (nSPS) is 12.1. The van der Waals surface area contributed by atoms with Crippen LogP contribution < -0.4 is 5.73 Å². The summed E-state index contributed by atoms with van der Waals surface area (Å²) in [6.45, 7) is 1.64. The van der Waals surface area contributed by atoms with Gasteiger partial charge in [-0.2, -0.15) is 13.2 Å². The van der Waals surface area contributed by atoms with Gasteiger partial charge in [0, 0.05) is 13.1 Å². The smallest absolute Gasteiger partial charge is 0.406 e. The summed E-state index contributed by atoms with van der Waals surface area (Å²) in [4.78, 5) is 24.2. The van der Waals surface area contributed by atoms with Crippen LogP contribution in [0.15, 0.2) is 0 Å². The standard InChI is InChI=1S/C13H23F3N2O3/c1-4-12(5-2,8-17)11(20)18(9-13(14,15)16)7-6-10(19)21-3/h4-9,17H2,1-3H3. The van der Waals surface area contributed by atoms with E-state index in [1.165, 1.54) is 0 Å². The van der Waals surface area contributed by atoms with Gasteiger partial charge in [0.1, 0.15) is 6.54 Å². The number of ether oxygens (including phenoxy) is 1. The molecular weight excluding hydrogens is 289 g/mol. The molecule has 21 heavy (non-hydrogen) atoms. The number of hydrogen-bond donors (Lipinski definition) is 1. The minimum absolute atomic E-state index is 0.0363. The van der Waals surface area contributed by atoms with Gasteiger partial charge in [0.15, 0.2) is 0 Å². The quantitative estimate of drug-likeness (QED) is 0.693. The van der Waals surface area contributed by atoms with Gasteiger partial charge in [-0.05, 0) is 12.8 Å². The fourth-order valence-electron chi connectivity index (χ4n) is 2.06. The number of carbonyl (C=O) groups is 2. The molecule has 8 heteroatoms. The number of nitrogens with two attached hydrogens (primary N) is 1. The van der Waals surface area contributed by atoms with Crippen molar-refractivity contribution in [3.8, 4) is 0 Å². The average Bonchev–Trinajstić information content (AvgIpc) is 2.44. The van der Waals surface area contributed by atoms with Crippen LogP contribution in [-0.4, -0.2) is 49.7 Å². The minimum Gasteiger partial charge on any atom is -0.469 e. The van der Waals surface area contributed by atoms with Crippen molar-refractivity contribution in [3.05, 3.63) is 0 Å². The highest BCUT2D eigenvalue weighted by molar-refractivity contribution is 5.83. The third kappa shape index (κ3) is 5.91. The summed E-state index contributed by atoms with van der Waals surface area (Å²) in [6, 6.07) is 0. The SMILES string of the molecule is CCC(CC)(CN)C(=O)N(CCC(=O)OC)CC(F)(F)F. The van der Waals surface area contributed by atoms with E-state index in [9.17, 15) is 22.8 Å². The van der Waals surface area contributed by atoms with E-state index in [-0.39, 0.29) is 19.5 Å². The summed E-state index contributed by atoms with van der Waals surface area (Å²) < 4.78 is 42.3. The van der Waals surface area contributed by atoms with E-state index in [4.69, 9.17) is 5.73 Å². The molecule has 0 heterocycles. The summed E-state index contributed by atoms with van der Waals surface area (Å²) >= 11 is 0. The Hall–Kier alpha value is -1.31. The average molecular weight is 312 g/mol. The maximum Gasteiger partial charge on any atom is 0.406 e. The predicted molar refractivity (Wildman–Crippen MR) is 71.3 cm³/mol. The Kier molecular flexibility index (Phi) is 7.70. The lowest BCUT2D eigenvalue weighted by atomic mass is 9.81. The molecule has 0 rings (SSSR count). The number of halogens is 3. The fraction of sp³-hybridized carbons (Fsp3) is 0.846. The van der Waals surface area contributed by atoms with Crippen molar-refractivity contribution in [1.82, 2.24) is 4.90 Å². The number of methoxy groups -OCH3 is 1. The number of hydrogen-bond acceptors (Lipinski definition) is 4. The molecule has 124 valence electrons. The molecule has 0 unspecified atom stereocenters. The predicted octanol–water partition coefficient (Wildman–Crippen LogP) is 1.71. The number of carbonyl (C=O) groups excluding carboxylic acids is 2. The van der Waals surface area contributed by atoms with E-state index in [0.29, 0.717) is 17.7 Å². The van der Waals surface area contributed by atoms with Gasteiger partial charge in [0.05, 0.1) is 18.9 Å². The number of nitrogens with zero attached hydrogens (tertiary/aromatic N) is 1. The van der Waals surface area contributed by atoms with Crippen LogP contribution in [0.2, 0.25) is 0 Å². The zero-order valence-corrected chi connectivity index (χ0v) is 12.6. The first kappa shape index (κ1) is 19.7. The van der Waals surface area contributed by atoms with Crippen LogP contribution in [-0.2, 0) is 14.3 Å². The molecule has 0 aliphatic rings. The summed E-state index contributed by atoms with van der Waals surface area (Å²) in [7, 11) is 1.14. The van der Waals surface area contributed by atoms with Crippen LogP contribution in [0.1, 0.15) is 33.1 Å². The molecule has 0 aliphatic heterocycles. The van der Waals surface area contributed by atoms with Crippen LogP contribution in [0.5, 0.6) is 0 Å². The Bertz CT molecular complexity index is 347. The summed E-state index contributed by atoms with van der Waals surface area (Å²) in [5, 5.41) is 0. The van der Waals surface area contributed by atoms with Crippen molar-refractivity contribution >= 4 is 11.9 Å². The number of amides is 1. The molecule has 0 fully saturated rings. The molecule has 0 aromatic rings. The van der Waals surface area contributed by atoms with Gasteiger partial charge in [0.25, 0.3) is 0 Å². The molecule has 0 saturated carbocycles. The Morgan fingerprint density at radius 3 is 2.05 bits per heavy atom. The van der Waals surface area contributed by atoms with Gasteiger partial charge in [-0.15, -0.1) is 0 Å². The summed E-state index contributed by atoms with van der Waals surface area (Å²) in [6.07, 6.45) is -4.14. The molecule has 0 bridgehead atoms. The number of alkyl halides is 3. The van der Waals surface area contributed by atoms with E-state index >= 15 is 0 Å². The Balaban J connectivity index is 5.17. The lowest BCUT2D eigenvalue weighted by molar-refractivity contribution is -0.169. The second-order valence-corrected chi connectivity index (χ2v) is 4.86. The van der Waals surface area contributed by atoms with E-state index in [0.717, 1.165) is 7.11 Å². The molecule has 0 aromatic heterocycles. The van der Waals surface area contributed by atoms with Crippen molar-refractivity contribution < 1.29 is 27.5 Å². The zero-order chi connectivity index (χ0) is 16.7. The van der Waals surface area contributed by atoms with Crippen molar-refractivity contribution in [2.24, 2.45) is 11.1 Å². The molecular formula is C13H23F3N2O3. The second-order valence-electron chi connectivity index (χ2n) is 4.86. The molecule has 5 nitrogen and oxygen atoms in total. The summed E-state index contributed by atoms with van der Waals surface area (Å²) in [5.74, 6) is -1.34. The van der Waals surface area contributed by atoms with Crippen LogP contribution in [0.3, 0.4) is 0 Å². The largest absolute Gasteiger partial charge is 0.469 e. The Morgan fingerprint density at radius 1 is 1.19 bits per heavy atom. The third-order valence-corrected chi connectivity index (χ3v) is 3.67. The first-order chi connectivity index (χ1) is 9.65. The maximum absolute atomic E-state index is 12.6. The number of esters is 1. The molecule has 2 N–H and O–H groups in total. The van der Waals surface area contributed by atoms with Crippen molar-refractivity contribution in [2.45, 2.75) is 39.3 Å². The first-order valence-electron chi connectivity index (χ1n) is 6.78. The van der Waals surface area contributed by atoms with Gasteiger partial charge in [0.2, 0.25) is 5.91 Å². The van der Waals surface area contributed by atoms with Gasteiger partial charge >= 0.3 is 12.1 Å². The lowest BCUT2D eigenvalue weighted by Crippen LogP contribution is -2.50. The maximum atomic E-state index is 12.6. The lowest BCUT2D eigenvalue weighted by Gasteiger charge is -2.35. The van der Waals surface area contributed by atoms with Crippen molar-refractivity contribution in [3.63, 3.8) is 0 Å². The zero-order valence-electron chi connectivity index (χ0n) is 12.6. The van der Waals surface area contributed by atoms with E-state index < -0.39 is 30.0 Å². The molecule has 0 aliphatic carbocycles. The Labute approximate surface area is 122 Å². The van der Waals surface area contributed by atoms with Gasteiger partial charge in [-0.25, -0.2) is 0 Å². The van der Waals surface area contributed by atoms with E-state index in [2.05, 4.69) is 4.74 Å². The molecule has 0 radical (unpaired) electrons. The van der Waals surface area contributed by atoms with Crippen molar-refractivity contribution in [2.75, 3.05) is 26.7 Å². The highest BCUT2D eigenvalue weighted by Gasteiger charge is 2.41. The van der Waals surface area contributed by atoms with Gasteiger partial charge in [-0.1, -0.05) is 13.8 Å². The van der Waals surface area contributed by atoms with Crippen LogP contribution in [0, 0.1) is 5.41 Å². The van der Waals surface area contributed by atoms with Gasteiger partial charge in [-0.3, -0.25) is 9.59 Å². The van der Waals surface area contributed by atoms with Crippen LogP contribution in [0.25, 0.3) is 0 Å². The van der Waals surface area contributed by atoms with E-state index in [1.807, 2.05) is 0 Å². The van der Waals surface area contributed by atoms with Crippen LogP contribution in [0.4, 0.5) is 13.2 Å². The van der Waals surface area contributed by atoms with Crippen molar-refractivity contribution in [1.29, 1.82) is 0 Å². The highest BCUT2D eigenvalue weighted by Crippen LogP contribution is 2.29. The fourth-order valence-corrected chi connectivity index (χ4v) is 2.06.